The third-order valence-corrected chi connectivity index (χ3v) is 8.68. The normalized spacial score (nSPS) is 12.1. The number of hydrogen-bond donors (Lipinski definition) is 1. The maximum atomic E-state index is 12.1. The number of nitrogens with zero attached hydrogens (tertiary/aromatic N) is 1. The number of unbranched alkanes of at least 4 members (excludes halogenated alkanes) is 20. The molecule has 0 amide bonds. The number of carbonyl (C=O) groups is 2. The summed E-state index contributed by atoms with van der Waals surface area (Å²) in [6.45, 7) is 10.2. The largest absolute Gasteiger partial charge is 0.466 e. The summed E-state index contributed by atoms with van der Waals surface area (Å²) in [5, 5.41) is 9.46. The van der Waals surface area contributed by atoms with Crippen molar-refractivity contribution in [2.45, 2.75) is 200 Å². The van der Waals surface area contributed by atoms with Crippen molar-refractivity contribution >= 4 is 11.9 Å². The molecule has 0 aliphatic carbocycles. The molecule has 0 fully saturated rings. The van der Waals surface area contributed by atoms with Crippen LogP contribution in [0.1, 0.15) is 194 Å². The predicted octanol–water partition coefficient (Wildman–Crippen LogP) is 10.3. The van der Waals surface area contributed by atoms with Crippen LogP contribution in [-0.2, 0) is 19.1 Å². The minimum Gasteiger partial charge on any atom is -0.466 e. The Labute approximate surface area is 273 Å². The van der Waals surface area contributed by atoms with E-state index < -0.39 is 0 Å². The van der Waals surface area contributed by atoms with Crippen LogP contribution in [0.25, 0.3) is 0 Å². The molecule has 0 saturated heterocycles. The van der Waals surface area contributed by atoms with E-state index in [0.717, 1.165) is 77.4 Å². The van der Waals surface area contributed by atoms with Crippen molar-refractivity contribution in [1.82, 2.24) is 4.90 Å². The van der Waals surface area contributed by atoms with Gasteiger partial charge in [0.25, 0.3) is 0 Å². The summed E-state index contributed by atoms with van der Waals surface area (Å²) >= 11 is 0. The standard InChI is InChI=1S/C38H75NO5/c1-4-6-8-10-14-21-27-35-43-37(41)29-23-17-12-13-19-25-31-39(33-34-40)32-26-20-15-18-24-30-38(42)44-36(3)28-22-16-11-9-7-5-2/h36,40H,4-35H2,1-3H3. The van der Waals surface area contributed by atoms with E-state index >= 15 is 0 Å². The van der Waals surface area contributed by atoms with Crippen molar-refractivity contribution in [2.75, 3.05) is 32.8 Å². The van der Waals surface area contributed by atoms with E-state index in [9.17, 15) is 14.7 Å². The molecule has 0 aromatic rings. The number of aliphatic hydroxyl groups is 1. The van der Waals surface area contributed by atoms with Gasteiger partial charge in [0.15, 0.2) is 0 Å². The van der Waals surface area contributed by atoms with Crippen molar-refractivity contribution in [3.05, 3.63) is 0 Å². The van der Waals surface area contributed by atoms with Crippen LogP contribution in [0.3, 0.4) is 0 Å². The van der Waals surface area contributed by atoms with Crippen molar-refractivity contribution in [3.8, 4) is 0 Å². The quantitative estimate of drug-likeness (QED) is 0.0558. The highest BCUT2D eigenvalue weighted by Gasteiger charge is 2.10. The van der Waals surface area contributed by atoms with Crippen molar-refractivity contribution < 1.29 is 24.2 Å². The molecule has 0 heterocycles. The highest BCUT2D eigenvalue weighted by atomic mass is 16.5. The van der Waals surface area contributed by atoms with Crippen LogP contribution in [-0.4, -0.2) is 60.9 Å². The van der Waals surface area contributed by atoms with Crippen LogP contribution in [0, 0.1) is 0 Å². The topological polar surface area (TPSA) is 76.1 Å². The number of rotatable bonds is 35. The maximum absolute atomic E-state index is 12.1. The van der Waals surface area contributed by atoms with Gasteiger partial charge < -0.3 is 19.5 Å². The molecule has 1 atom stereocenters. The molecule has 0 spiro atoms. The SMILES string of the molecule is CCCCCCCCCOC(=O)CCCCCCCCN(CCO)CCCCCCCC(=O)OC(C)CCCCCCCC. The van der Waals surface area contributed by atoms with Gasteiger partial charge in [0.2, 0.25) is 0 Å². The molecule has 44 heavy (non-hydrogen) atoms. The summed E-state index contributed by atoms with van der Waals surface area (Å²) in [5.41, 5.74) is 0. The Balaban J connectivity index is 3.60. The van der Waals surface area contributed by atoms with Crippen LogP contribution in [0.15, 0.2) is 0 Å². The fourth-order valence-electron chi connectivity index (χ4n) is 5.80. The van der Waals surface area contributed by atoms with E-state index in [0.29, 0.717) is 19.4 Å². The van der Waals surface area contributed by atoms with Gasteiger partial charge in [-0.2, -0.15) is 0 Å². The molecule has 0 radical (unpaired) electrons. The van der Waals surface area contributed by atoms with Gasteiger partial charge in [0.05, 0.1) is 19.3 Å². The molecule has 1 N–H and O–H groups in total. The Morgan fingerprint density at radius 1 is 0.545 bits per heavy atom. The third kappa shape index (κ3) is 32.3. The predicted molar refractivity (Wildman–Crippen MR) is 186 cm³/mol. The van der Waals surface area contributed by atoms with Crippen molar-refractivity contribution in [1.29, 1.82) is 0 Å². The summed E-state index contributed by atoms with van der Waals surface area (Å²) in [6.07, 6.45) is 30.7. The Morgan fingerprint density at radius 3 is 1.50 bits per heavy atom. The number of hydrogen-bond acceptors (Lipinski definition) is 6. The first kappa shape index (κ1) is 42.9. The van der Waals surface area contributed by atoms with Gasteiger partial charge in [0, 0.05) is 19.4 Å². The molecular weight excluding hydrogens is 550 g/mol. The van der Waals surface area contributed by atoms with Crippen molar-refractivity contribution in [3.63, 3.8) is 0 Å². The summed E-state index contributed by atoms with van der Waals surface area (Å²) in [7, 11) is 0. The average molecular weight is 626 g/mol. The zero-order valence-electron chi connectivity index (χ0n) is 29.7. The average Bonchev–Trinajstić information content (AvgIpc) is 3.00. The minimum absolute atomic E-state index is 0.0261. The first-order chi connectivity index (χ1) is 21.5. The second-order valence-corrected chi connectivity index (χ2v) is 13.2. The van der Waals surface area contributed by atoms with E-state index in [-0.39, 0.29) is 24.6 Å². The molecule has 0 rings (SSSR count). The van der Waals surface area contributed by atoms with E-state index in [1.165, 1.54) is 103 Å². The van der Waals surface area contributed by atoms with Gasteiger partial charge >= 0.3 is 11.9 Å². The molecule has 0 aromatic carbocycles. The number of ether oxygens (including phenoxy) is 2. The van der Waals surface area contributed by atoms with E-state index in [2.05, 4.69) is 18.7 Å². The smallest absolute Gasteiger partial charge is 0.306 e. The maximum Gasteiger partial charge on any atom is 0.306 e. The second kappa shape index (κ2) is 34.7. The zero-order chi connectivity index (χ0) is 32.4. The van der Waals surface area contributed by atoms with E-state index in [1.807, 2.05) is 6.92 Å². The van der Waals surface area contributed by atoms with Crippen LogP contribution < -0.4 is 0 Å². The molecule has 0 aliphatic heterocycles. The van der Waals surface area contributed by atoms with Crippen LogP contribution in [0.4, 0.5) is 0 Å². The lowest BCUT2D eigenvalue weighted by Gasteiger charge is -2.21. The minimum atomic E-state index is -0.0332. The van der Waals surface area contributed by atoms with E-state index in [4.69, 9.17) is 9.47 Å². The fraction of sp³-hybridized carbons (Fsp3) is 0.947. The lowest BCUT2D eigenvalue weighted by atomic mass is 10.1. The molecule has 0 aromatic heterocycles. The summed E-state index contributed by atoms with van der Waals surface area (Å²) < 4.78 is 11.0. The Bertz CT molecular complexity index is 614. The highest BCUT2D eigenvalue weighted by molar-refractivity contribution is 5.69. The number of esters is 2. The van der Waals surface area contributed by atoms with Gasteiger partial charge in [-0.3, -0.25) is 9.59 Å². The summed E-state index contributed by atoms with van der Waals surface area (Å²) in [5.74, 6) is -0.0592. The van der Waals surface area contributed by atoms with Crippen LogP contribution >= 0.6 is 0 Å². The first-order valence-electron chi connectivity index (χ1n) is 19.2. The molecule has 6 heteroatoms. The van der Waals surface area contributed by atoms with E-state index in [1.54, 1.807) is 0 Å². The van der Waals surface area contributed by atoms with Gasteiger partial charge in [-0.15, -0.1) is 0 Å². The molecular formula is C38H75NO5. The lowest BCUT2D eigenvalue weighted by molar-refractivity contribution is -0.148. The molecule has 262 valence electrons. The van der Waals surface area contributed by atoms with Crippen molar-refractivity contribution in [2.24, 2.45) is 0 Å². The molecule has 0 aliphatic rings. The molecule has 0 bridgehead atoms. The molecule has 0 saturated carbocycles. The van der Waals surface area contributed by atoms with Crippen LogP contribution in [0.2, 0.25) is 0 Å². The van der Waals surface area contributed by atoms with Gasteiger partial charge in [-0.1, -0.05) is 129 Å². The fourth-order valence-corrected chi connectivity index (χ4v) is 5.80. The van der Waals surface area contributed by atoms with Crippen LogP contribution in [0.5, 0.6) is 0 Å². The molecule has 1 unspecified atom stereocenters. The number of aliphatic hydroxyl groups excluding tert-OH is 1. The zero-order valence-corrected chi connectivity index (χ0v) is 29.7. The highest BCUT2D eigenvalue weighted by Crippen LogP contribution is 2.14. The Morgan fingerprint density at radius 2 is 0.977 bits per heavy atom. The third-order valence-electron chi connectivity index (χ3n) is 8.68. The second-order valence-electron chi connectivity index (χ2n) is 13.2. The van der Waals surface area contributed by atoms with Gasteiger partial charge in [0.1, 0.15) is 0 Å². The summed E-state index contributed by atoms with van der Waals surface area (Å²) in [4.78, 5) is 26.4. The molecule has 6 nitrogen and oxygen atoms in total. The Hall–Kier alpha value is -1.14. The monoisotopic (exact) mass is 626 g/mol. The van der Waals surface area contributed by atoms with Gasteiger partial charge in [-0.05, 0) is 65.0 Å². The lowest BCUT2D eigenvalue weighted by Crippen LogP contribution is -2.29. The number of carbonyl (C=O) groups excluding carboxylic acids is 2. The first-order valence-corrected chi connectivity index (χ1v) is 19.2. The summed E-state index contributed by atoms with van der Waals surface area (Å²) in [6, 6.07) is 0. The Kier molecular flexibility index (Phi) is 33.8. The van der Waals surface area contributed by atoms with Gasteiger partial charge in [-0.25, -0.2) is 0 Å².